The fourth-order valence-electron chi connectivity index (χ4n) is 10.1. The van der Waals surface area contributed by atoms with E-state index in [9.17, 15) is 0 Å². The first kappa shape index (κ1) is 27.3. The molecule has 0 radical (unpaired) electrons. The average molecular weight is 581 g/mol. The lowest BCUT2D eigenvalue weighted by Gasteiger charge is -2.51. The van der Waals surface area contributed by atoms with Crippen molar-refractivity contribution in [2.75, 3.05) is 4.90 Å². The number of benzene rings is 5. The highest BCUT2D eigenvalue weighted by atomic mass is 15.2. The van der Waals surface area contributed by atoms with Crippen molar-refractivity contribution in [1.82, 2.24) is 0 Å². The van der Waals surface area contributed by atoms with E-state index in [-0.39, 0.29) is 29.7 Å². The molecule has 0 saturated carbocycles. The van der Waals surface area contributed by atoms with Crippen molar-refractivity contribution < 1.29 is 0 Å². The van der Waals surface area contributed by atoms with Gasteiger partial charge in [-0.05, 0) is 92.2 Å². The minimum absolute atomic E-state index is 0.0166. The maximum Gasteiger partial charge on any atom is 0.247 e. The fourth-order valence-corrected chi connectivity index (χ4v) is 10.1. The smallest absolute Gasteiger partial charge is 0.247 e. The number of rotatable bonds is 0. The van der Waals surface area contributed by atoms with Gasteiger partial charge >= 0.3 is 0 Å². The first-order chi connectivity index (χ1) is 21.3. The standard InChI is InChI=1S/C42H41B2N/c1-24-18-20-33-37-35(24)41(6,7)27-14-10-12-16-29(27)43(37)31-22-26(40(3,4)5)23-32-39(31)45(33)34-21-19-25(2)36-38(34)44(32)30-17-13-11-15-28(30)42(36,8)9/h10-23H,1-9H3. The first-order valence-electron chi connectivity index (χ1n) is 16.8. The van der Waals surface area contributed by atoms with Gasteiger partial charge < -0.3 is 4.90 Å². The van der Waals surface area contributed by atoms with Gasteiger partial charge in [-0.2, -0.15) is 0 Å². The van der Waals surface area contributed by atoms with E-state index in [0.717, 1.165) is 0 Å². The van der Waals surface area contributed by atoms with Crippen molar-refractivity contribution in [2.24, 2.45) is 0 Å². The molecule has 0 N–H and O–H groups in total. The summed E-state index contributed by atoms with van der Waals surface area (Å²) >= 11 is 0. The van der Waals surface area contributed by atoms with Gasteiger partial charge in [0.05, 0.1) is 0 Å². The predicted octanol–water partition coefficient (Wildman–Crippen LogP) is 6.01. The molecule has 9 rings (SSSR count). The van der Waals surface area contributed by atoms with Gasteiger partial charge in [0.1, 0.15) is 0 Å². The second kappa shape index (κ2) is 8.43. The van der Waals surface area contributed by atoms with Gasteiger partial charge in [0.25, 0.3) is 0 Å². The SMILES string of the molecule is Cc1ccc2c3c1C(C)(C)c1ccccc1B3c1cc(C(C)(C)C)cc3c1N2c1ccc(C)c2c1B3c1ccccc1C2(C)C. The third-order valence-electron chi connectivity index (χ3n) is 11.9. The molecule has 0 bridgehead atoms. The lowest BCUT2D eigenvalue weighted by atomic mass is 9.26. The monoisotopic (exact) mass is 581 g/mol. The number of nitrogens with zero attached hydrogens (tertiary/aromatic N) is 1. The second-order valence-corrected chi connectivity index (χ2v) is 16.3. The number of hydrogen-bond donors (Lipinski definition) is 0. The van der Waals surface area contributed by atoms with Crippen LogP contribution in [0.1, 0.15) is 87.4 Å². The van der Waals surface area contributed by atoms with Gasteiger partial charge in [0, 0.05) is 27.9 Å². The third kappa shape index (κ3) is 3.22. The lowest BCUT2D eigenvalue weighted by Crippen LogP contribution is -2.70. The fraction of sp³-hybridized carbons (Fsp3) is 0.286. The summed E-state index contributed by atoms with van der Waals surface area (Å²) in [7, 11) is 0. The zero-order chi connectivity index (χ0) is 31.4. The van der Waals surface area contributed by atoms with E-state index < -0.39 is 0 Å². The van der Waals surface area contributed by atoms with E-state index in [1.54, 1.807) is 0 Å². The van der Waals surface area contributed by atoms with Crippen LogP contribution in [0.15, 0.2) is 84.9 Å². The zero-order valence-corrected chi connectivity index (χ0v) is 28.2. The largest absolute Gasteiger partial charge is 0.313 e. The van der Waals surface area contributed by atoms with Crippen LogP contribution < -0.4 is 37.7 Å². The molecule has 0 fully saturated rings. The van der Waals surface area contributed by atoms with Crippen molar-refractivity contribution in [3.63, 3.8) is 0 Å². The van der Waals surface area contributed by atoms with Gasteiger partial charge in [-0.15, -0.1) is 0 Å². The van der Waals surface area contributed by atoms with Gasteiger partial charge in [0.15, 0.2) is 0 Å². The number of aryl methyl sites for hydroxylation is 2. The van der Waals surface area contributed by atoms with Crippen LogP contribution in [0.3, 0.4) is 0 Å². The highest BCUT2D eigenvalue weighted by Crippen LogP contribution is 2.47. The quantitative estimate of drug-likeness (QED) is 0.199. The van der Waals surface area contributed by atoms with E-state index in [1.165, 1.54) is 88.8 Å². The number of anilines is 3. The Kier molecular flexibility index (Phi) is 5.13. The zero-order valence-electron chi connectivity index (χ0n) is 28.2. The van der Waals surface area contributed by atoms with Crippen LogP contribution >= 0.6 is 0 Å². The molecule has 3 heteroatoms. The van der Waals surface area contributed by atoms with Crippen molar-refractivity contribution in [1.29, 1.82) is 0 Å². The normalized spacial score (nSPS) is 17.2. The molecule has 0 aliphatic carbocycles. The third-order valence-corrected chi connectivity index (χ3v) is 11.9. The molecule has 0 saturated heterocycles. The predicted molar refractivity (Wildman–Crippen MR) is 196 cm³/mol. The van der Waals surface area contributed by atoms with Crippen molar-refractivity contribution >= 4 is 63.3 Å². The van der Waals surface area contributed by atoms with Crippen LogP contribution in [0.5, 0.6) is 0 Å². The van der Waals surface area contributed by atoms with E-state index >= 15 is 0 Å². The van der Waals surface area contributed by atoms with Gasteiger partial charge in [-0.3, -0.25) is 0 Å². The molecule has 1 nitrogen and oxygen atoms in total. The Hall–Kier alpha value is -3.97. The molecular formula is C42H41B2N. The maximum absolute atomic E-state index is 2.69. The molecule has 0 aromatic heterocycles. The Morgan fingerprint density at radius 3 is 1.40 bits per heavy atom. The Morgan fingerprint density at radius 2 is 0.978 bits per heavy atom. The summed E-state index contributed by atoms with van der Waals surface area (Å²) in [5.74, 6) is 0. The van der Waals surface area contributed by atoms with Crippen LogP contribution in [-0.4, -0.2) is 13.4 Å². The van der Waals surface area contributed by atoms with Crippen molar-refractivity contribution in [3.8, 4) is 0 Å². The summed E-state index contributed by atoms with van der Waals surface area (Å²) in [4.78, 5) is 2.69. The Morgan fingerprint density at radius 1 is 0.556 bits per heavy atom. The molecular weight excluding hydrogens is 540 g/mol. The van der Waals surface area contributed by atoms with Gasteiger partial charge in [-0.25, -0.2) is 0 Å². The molecule has 4 heterocycles. The molecule has 0 atom stereocenters. The molecule has 220 valence electrons. The van der Waals surface area contributed by atoms with Crippen LogP contribution in [0.4, 0.5) is 17.1 Å². The summed E-state index contributed by atoms with van der Waals surface area (Å²) in [6.07, 6.45) is 0. The molecule has 0 spiro atoms. The number of fused-ring (bicyclic) bond motifs is 8. The summed E-state index contributed by atoms with van der Waals surface area (Å²) in [6, 6.07) is 33.4. The molecule has 0 unspecified atom stereocenters. The Labute approximate surface area is 269 Å². The van der Waals surface area contributed by atoms with Crippen molar-refractivity contribution in [3.05, 3.63) is 124 Å². The maximum atomic E-state index is 2.69. The molecule has 5 aromatic rings. The molecule has 45 heavy (non-hydrogen) atoms. The Bertz CT molecular complexity index is 2000. The average Bonchev–Trinajstić information content (AvgIpc) is 2.99. The van der Waals surface area contributed by atoms with Crippen LogP contribution in [0, 0.1) is 13.8 Å². The second-order valence-electron chi connectivity index (χ2n) is 16.3. The van der Waals surface area contributed by atoms with Gasteiger partial charge in [-0.1, -0.05) is 132 Å². The summed E-state index contributed by atoms with van der Waals surface area (Å²) in [5, 5.41) is 0. The first-order valence-corrected chi connectivity index (χ1v) is 16.8. The summed E-state index contributed by atoms with van der Waals surface area (Å²) < 4.78 is 0. The molecule has 5 aromatic carbocycles. The summed E-state index contributed by atoms with van der Waals surface area (Å²) in [6.45, 7) is 22.0. The Balaban J connectivity index is 1.50. The highest BCUT2D eigenvalue weighted by molar-refractivity contribution is 7.03. The molecule has 0 amide bonds. The van der Waals surface area contributed by atoms with E-state index in [1.807, 2.05) is 0 Å². The van der Waals surface area contributed by atoms with Crippen molar-refractivity contribution in [2.45, 2.75) is 78.6 Å². The van der Waals surface area contributed by atoms with Crippen LogP contribution in [0.2, 0.25) is 0 Å². The van der Waals surface area contributed by atoms with E-state index in [2.05, 4.69) is 152 Å². The minimum atomic E-state index is -0.0869. The van der Waals surface area contributed by atoms with E-state index in [4.69, 9.17) is 0 Å². The lowest BCUT2D eigenvalue weighted by molar-refractivity contribution is 0.591. The van der Waals surface area contributed by atoms with Gasteiger partial charge in [0.2, 0.25) is 13.4 Å². The minimum Gasteiger partial charge on any atom is -0.313 e. The van der Waals surface area contributed by atoms with Crippen LogP contribution in [-0.2, 0) is 16.2 Å². The highest BCUT2D eigenvalue weighted by Gasteiger charge is 2.52. The van der Waals surface area contributed by atoms with E-state index in [0.29, 0.717) is 0 Å². The number of hydrogen-bond acceptors (Lipinski definition) is 1. The molecule has 4 aliphatic heterocycles. The molecule has 4 aliphatic rings. The topological polar surface area (TPSA) is 3.24 Å². The van der Waals surface area contributed by atoms with Crippen LogP contribution in [0.25, 0.3) is 0 Å². The summed E-state index contributed by atoms with van der Waals surface area (Å²) in [5.41, 5.74) is 23.0.